The van der Waals surface area contributed by atoms with Crippen molar-refractivity contribution in [2.45, 2.75) is 38.1 Å². The molecule has 0 aliphatic carbocycles. The van der Waals surface area contributed by atoms with Gasteiger partial charge in [0.15, 0.2) is 0 Å². The maximum absolute atomic E-state index is 11.6. The van der Waals surface area contributed by atoms with Crippen molar-refractivity contribution in [3.63, 3.8) is 0 Å². The van der Waals surface area contributed by atoms with Gasteiger partial charge >= 0.3 is 0 Å². The van der Waals surface area contributed by atoms with Crippen molar-refractivity contribution in [2.24, 2.45) is 0 Å². The molecule has 0 saturated heterocycles. The quantitative estimate of drug-likeness (QED) is 0.721. The zero-order valence-corrected chi connectivity index (χ0v) is 13.1. The van der Waals surface area contributed by atoms with Crippen molar-refractivity contribution in [1.82, 2.24) is 30.1 Å². The van der Waals surface area contributed by atoms with Gasteiger partial charge in [0.25, 0.3) is 5.56 Å². The lowest BCUT2D eigenvalue weighted by atomic mass is 10.4. The van der Waals surface area contributed by atoms with Crippen LogP contribution in [-0.2, 0) is 13.1 Å². The van der Waals surface area contributed by atoms with Gasteiger partial charge in [0.1, 0.15) is 0 Å². The molecule has 0 saturated carbocycles. The highest BCUT2D eigenvalue weighted by molar-refractivity contribution is 7.99. The standard InChI is InChI=1S/C13H20N6OS/c1-11(2)14-6-8-19-13(15-16-17-19)21-10-9-18-7-4-3-5-12(18)20/h3-5,7,11,14H,6,8-10H2,1-2H3. The van der Waals surface area contributed by atoms with Crippen LogP contribution in [0.1, 0.15) is 13.8 Å². The van der Waals surface area contributed by atoms with Gasteiger partial charge in [-0.05, 0) is 16.5 Å². The Bertz CT molecular complexity index is 608. The topological polar surface area (TPSA) is 77.6 Å². The molecule has 0 spiro atoms. The third-order valence-corrected chi connectivity index (χ3v) is 3.77. The molecular weight excluding hydrogens is 288 g/mol. The summed E-state index contributed by atoms with van der Waals surface area (Å²) < 4.78 is 3.47. The van der Waals surface area contributed by atoms with Crippen LogP contribution >= 0.6 is 11.8 Å². The van der Waals surface area contributed by atoms with Gasteiger partial charge in [-0.3, -0.25) is 4.79 Å². The number of pyridine rings is 1. The van der Waals surface area contributed by atoms with Crippen LogP contribution in [0.2, 0.25) is 0 Å². The first-order valence-corrected chi connectivity index (χ1v) is 7.93. The van der Waals surface area contributed by atoms with E-state index >= 15 is 0 Å². The molecule has 8 heteroatoms. The Morgan fingerprint density at radius 3 is 2.95 bits per heavy atom. The number of hydrogen-bond donors (Lipinski definition) is 1. The van der Waals surface area contributed by atoms with Crippen LogP contribution in [0.3, 0.4) is 0 Å². The summed E-state index contributed by atoms with van der Waals surface area (Å²) in [5, 5.41) is 15.8. The molecule has 2 rings (SSSR count). The second-order valence-corrected chi connectivity index (χ2v) is 5.94. The molecule has 0 aliphatic rings. The van der Waals surface area contributed by atoms with Gasteiger partial charge < -0.3 is 9.88 Å². The van der Waals surface area contributed by atoms with E-state index in [2.05, 4.69) is 34.7 Å². The van der Waals surface area contributed by atoms with Crippen LogP contribution in [0, 0.1) is 0 Å². The van der Waals surface area contributed by atoms with Gasteiger partial charge in [0.2, 0.25) is 5.16 Å². The molecule has 0 fully saturated rings. The first-order valence-electron chi connectivity index (χ1n) is 6.94. The lowest BCUT2D eigenvalue weighted by Gasteiger charge is -2.08. The van der Waals surface area contributed by atoms with Crippen LogP contribution in [0.4, 0.5) is 0 Å². The first-order chi connectivity index (χ1) is 10.2. The van der Waals surface area contributed by atoms with E-state index in [0.717, 1.165) is 24.0 Å². The number of nitrogens with one attached hydrogen (secondary N) is 1. The van der Waals surface area contributed by atoms with Crippen molar-refractivity contribution in [3.8, 4) is 0 Å². The molecule has 0 atom stereocenters. The Morgan fingerprint density at radius 1 is 1.33 bits per heavy atom. The molecule has 0 radical (unpaired) electrons. The highest BCUT2D eigenvalue weighted by Gasteiger charge is 2.06. The van der Waals surface area contributed by atoms with E-state index in [-0.39, 0.29) is 5.56 Å². The van der Waals surface area contributed by atoms with Crippen molar-refractivity contribution in [1.29, 1.82) is 0 Å². The van der Waals surface area contributed by atoms with E-state index in [9.17, 15) is 4.79 Å². The highest BCUT2D eigenvalue weighted by atomic mass is 32.2. The summed E-state index contributed by atoms with van der Waals surface area (Å²) in [7, 11) is 0. The number of nitrogens with zero attached hydrogens (tertiary/aromatic N) is 5. The van der Waals surface area contributed by atoms with Crippen LogP contribution < -0.4 is 10.9 Å². The molecule has 114 valence electrons. The summed E-state index contributed by atoms with van der Waals surface area (Å²) >= 11 is 1.56. The highest BCUT2D eigenvalue weighted by Crippen LogP contribution is 2.13. The Morgan fingerprint density at radius 2 is 2.19 bits per heavy atom. The average molecular weight is 308 g/mol. The minimum absolute atomic E-state index is 0.0128. The van der Waals surface area contributed by atoms with Crippen molar-refractivity contribution in [2.75, 3.05) is 12.3 Å². The molecule has 1 N–H and O–H groups in total. The van der Waals surface area contributed by atoms with E-state index in [1.165, 1.54) is 0 Å². The fraction of sp³-hybridized carbons (Fsp3) is 0.538. The SMILES string of the molecule is CC(C)NCCn1nnnc1SCCn1ccccc1=O. The summed E-state index contributed by atoms with van der Waals surface area (Å²) in [5.74, 6) is 0.752. The van der Waals surface area contributed by atoms with E-state index in [0.29, 0.717) is 12.6 Å². The maximum Gasteiger partial charge on any atom is 0.250 e. The molecule has 0 aliphatic heterocycles. The van der Waals surface area contributed by atoms with Crippen molar-refractivity contribution < 1.29 is 0 Å². The lowest BCUT2D eigenvalue weighted by Crippen LogP contribution is -2.27. The van der Waals surface area contributed by atoms with E-state index < -0.39 is 0 Å². The normalized spacial score (nSPS) is 11.2. The summed E-state index contributed by atoms with van der Waals surface area (Å²) in [4.78, 5) is 11.6. The smallest absolute Gasteiger partial charge is 0.250 e. The van der Waals surface area contributed by atoms with Crippen LogP contribution in [0.25, 0.3) is 0 Å². The fourth-order valence-electron chi connectivity index (χ4n) is 1.78. The number of rotatable bonds is 8. The number of thioether (sulfide) groups is 1. The molecule has 2 heterocycles. The van der Waals surface area contributed by atoms with Gasteiger partial charge in [-0.1, -0.05) is 31.7 Å². The van der Waals surface area contributed by atoms with Crippen molar-refractivity contribution in [3.05, 3.63) is 34.7 Å². The second kappa shape index (κ2) is 7.94. The molecule has 0 amide bonds. The Balaban J connectivity index is 1.82. The van der Waals surface area contributed by atoms with Gasteiger partial charge in [-0.2, -0.15) is 0 Å². The van der Waals surface area contributed by atoms with Gasteiger partial charge in [-0.25, -0.2) is 4.68 Å². The van der Waals surface area contributed by atoms with E-state index in [1.54, 1.807) is 39.3 Å². The third kappa shape index (κ3) is 4.98. The molecule has 2 aromatic rings. The Kier molecular flexibility index (Phi) is 5.94. The monoisotopic (exact) mass is 308 g/mol. The Hall–Kier alpha value is -1.67. The Labute approximate surface area is 127 Å². The van der Waals surface area contributed by atoms with E-state index in [1.807, 2.05) is 6.07 Å². The van der Waals surface area contributed by atoms with Crippen molar-refractivity contribution >= 4 is 11.8 Å². The molecular formula is C13H20N6OS. The van der Waals surface area contributed by atoms with Gasteiger partial charge in [0.05, 0.1) is 6.54 Å². The third-order valence-electron chi connectivity index (χ3n) is 2.84. The first kappa shape index (κ1) is 15.7. The number of hydrogen-bond acceptors (Lipinski definition) is 6. The van der Waals surface area contributed by atoms with Gasteiger partial charge in [0, 0.05) is 37.1 Å². The maximum atomic E-state index is 11.6. The van der Waals surface area contributed by atoms with E-state index in [4.69, 9.17) is 0 Å². The fourth-order valence-corrected chi connectivity index (χ4v) is 2.62. The summed E-state index contributed by atoms with van der Waals surface area (Å²) in [6, 6.07) is 5.61. The summed E-state index contributed by atoms with van der Waals surface area (Å²) in [6.07, 6.45) is 1.79. The number of aromatic nitrogens is 5. The zero-order chi connectivity index (χ0) is 15.1. The zero-order valence-electron chi connectivity index (χ0n) is 12.3. The summed E-state index contributed by atoms with van der Waals surface area (Å²) in [6.45, 7) is 6.41. The largest absolute Gasteiger partial charge is 0.315 e. The molecule has 0 unspecified atom stereocenters. The molecule has 21 heavy (non-hydrogen) atoms. The molecule has 0 bridgehead atoms. The predicted octanol–water partition coefficient (Wildman–Crippen LogP) is 0.625. The van der Waals surface area contributed by atoms with Gasteiger partial charge in [-0.15, -0.1) is 5.10 Å². The average Bonchev–Trinajstić information content (AvgIpc) is 2.88. The number of aryl methyl sites for hydroxylation is 1. The minimum Gasteiger partial charge on any atom is -0.315 e. The van der Waals surface area contributed by atoms with Crippen LogP contribution in [-0.4, -0.2) is 43.1 Å². The van der Waals surface area contributed by atoms with Crippen LogP contribution in [0.15, 0.2) is 34.3 Å². The molecule has 7 nitrogen and oxygen atoms in total. The second-order valence-electron chi connectivity index (χ2n) is 4.87. The lowest BCUT2D eigenvalue weighted by molar-refractivity contribution is 0.485. The summed E-state index contributed by atoms with van der Waals surface area (Å²) in [5.41, 5.74) is 0.0128. The predicted molar refractivity (Wildman–Crippen MR) is 82.4 cm³/mol. The van der Waals surface area contributed by atoms with Crippen LogP contribution in [0.5, 0.6) is 0 Å². The molecule has 2 aromatic heterocycles. The molecule has 0 aromatic carbocycles. The number of tetrazole rings is 1. The minimum atomic E-state index is 0.0128.